The number of likely N-dealkylation sites (tertiary alicyclic amines) is 1. The van der Waals surface area contributed by atoms with Gasteiger partial charge in [0.1, 0.15) is 0 Å². The molecule has 2 aromatic carbocycles. The summed E-state index contributed by atoms with van der Waals surface area (Å²) in [7, 11) is 0. The van der Waals surface area contributed by atoms with Crippen molar-refractivity contribution < 1.29 is 4.79 Å². The van der Waals surface area contributed by atoms with Gasteiger partial charge in [-0.1, -0.05) is 61.0 Å². The average molecular weight is 437 g/mol. The van der Waals surface area contributed by atoms with Crippen molar-refractivity contribution in [3.8, 4) is 11.3 Å². The summed E-state index contributed by atoms with van der Waals surface area (Å²) in [6.45, 7) is 8.31. The number of nitrogens with zero attached hydrogens (tertiary/aromatic N) is 2. The summed E-state index contributed by atoms with van der Waals surface area (Å²) in [6, 6.07) is 16.4. The Labute approximate surface area is 174 Å². The highest BCUT2D eigenvalue weighted by molar-refractivity contribution is 9.10. The fraction of sp³-hybridized carbons (Fsp3) is 0.333. The summed E-state index contributed by atoms with van der Waals surface area (Å²) in [5, 5.41) is 0.904. The summed E-state index contributed by atoms with van der Waals surface area (Å²) < 4.78 is 0.958. The van der Waals surface area contributed by atoms with Crippen molar-refractivity contribution in [3.05, 3.63) is 64.1 Å². The first kappa shape index (κ1) is 19.1. The van der Waals surface area contributed by atoms with E-state index in [0.29, 0.717) is 0 Å². The third-order valence-electron chi connectivity index (χ3n) is 5.44. The van der Waals surface area contributed by atoms with Gasteiger partial charge < -0.3 is 4.90 Å². The first-order valence-corrected chi connectivity index (χ1v) is 10.6. The van der Waals surface area contributed by atoms with Crippen LogP contribution in [0.2, 0.25) is 0 Å². The first-order chi connectivity index (χ1) is 13.3. The molecular weight excluding hydrogens is 412 g/mol. The molecule has 0 aliphatic carbocycles. The van der Waals surface area contributed by atoms with Gasteiger partial charge in [0, 0.05) is 28.5 Å². The number of rotatable bonds is 2. The van der Waals surface area contributed by atoms with Crippen LogP contribution in [0.25, 0.3) is 22.2 Å². The molecule has 1 fully saturated rings. The van der Waals surface area contributed by atoms with Crippen LogP contribution in [0.4, 0.5) is 0 Å². The van der Waals surface area contributed by atoms with Gasteiger partial charge in [0.15, 0.2) is 0 Å². The van der Waals surface area contributed by atoms with E-state index >= 15 is 0 Å². The van der Waals surface area contributed by atoms with Crippen LogP contribution < -0.4 is 0 Å². The number of halogens is 1. The van der Waals surface area contributed by atoms with Crippen molar-refractivity contribution in [2.75, 3.05) is 13.1 Å². The Morgan fingerprint density at radius 2 is 1.68 bits per heavy atom. The lowest BCUT2D eigenvalue weighted by Gasteiger charge is -2.20. The molecule has 28 heavy (non-hydrogen) atoms. The number of fused-ring (bicyclic) bond motifs is 1. The molecule has 0 bridgehead atoms. The molecule has 1 saturated heterocycles. The van der Waals surface area contributed by atoms with Crippen molar-refractivity contribution in [2.24, 2.45) is 0 Å². The van der Waals surface area contributed by atoms with Gasteiger partial charge >= 0.3 is 0 Å². The van der Waals surface area contributed by atoms with Gasteiger partial charge in [0.2, 0.25) is 0 Å². The van der Waals surface area contributed by atoms with Crippen LogP contribution in [0, 0.1) is 0 Å². The van der Waals surface area contributed by atoms with E-state index in [4.69, 9.17) is 4.98 Å². The number of aromatic nitrogens is 1. The lowest BCUT2D eigenvalue weighted by molar-refractivity contribution is 0.0794. The number of hydrogen-bond acceptors (Lipinski definition) is 2. The molecule has 4 heteroatoms. The van der Waals surface area contributed by atoms with Crippen LogP contribution in [-0.4, -0.2) is 28.9 Å². The van der Waals surface area contributed by atoms with E-state index < -0.39 is 0 Å². The number of carbonyl (C=O) groups is 1. The highest BCUT2D eigenvalue weighted by Gasteiger charge is 2.23. The molecule has 1 aromatic heterocycles. The highest BCUT2D eigenvalue weighted by atomic mass is 79.9. The number of hydrogen-bond donors (Lipinski definition) is 0. The third kappa shape index (κ3) is 3.70. The Kier molecular flexibility index (Phi) is 5.00. The minimum absolute atomic E-state index is 0.107. The maximum absolute atomic E-state index is 13.2. The second-order valence-electron chi connectivity index (χ2n) is 8.54. The fourth-order valence-electron chi connectivity index (χ4n) is 3.75. The van der Waals surface area contributed by atoms with Crippen LogP contribution in [0.1, 0.15) is 49.5 Å². The van der Waals surface area contributed by atoms with E-state index in [1.54, 1.807) is 0 Å². The van der Waals surface area contributed by atoms with Crippen LogP contribution >= 0.6 is 15.9 Å². The molecule has 2 heterocycles. The van der Waals surface area contributed by atoms with E-state index in [0.717, 1.165) is 58.1 Å². The molecular formula is C24H25BrN2O. The minimum atomic E-state index is 0.107. The number of amides is 1. The largest absolute Gasteiger partial charge is 0.339 e. The summed E-state index contributed by atoms with van der Waals surface area (Å²) in [5.74, 6) is 0.107. The van der Waals surface area contributed by atoms with Gasteiger partial charge in [-0.2, -0.15) is 0 Å². The summed E-state index contributed by atoms with van der Waals surface area (Å²) in [6.07, 6.45) is 2.17. The molecule has 0 N–H and O–H groups in total. The maximum atomic E-state index is 13.2. The Hall–Kier alpha value is -2.20. The Morgan fingerprint density at radius 1 is 1.00 bits per heavy atom. The monoisotopic (exact) mass is 436 g/mol. The number of pyridine rings is 1. The van der Waals surface area contributed by atoms with E-state index in [2.05, 4.69) is 61.0 Å². The molecule has 4 rings (SSSR count). The minimum Gasteiger partial charge on any atom is -0.339 e. The predicted molar refractivity (Wildman–Crippen MR) is 119 cm³/mol. The molecule has 1 aliphatic heterocycles. The number of benzene rings is 2. The summed E-state index contributed by atoms with van der Waals surface area (Å²) in [5.41, 5.74) is 4.87. The van der Waals surface area contributed by atoms with E-state index in [-0.39, 0.29) is 11.3 Å². The lowest BCUT2D eigenvalue weighted by atomic mass is 9.86. The van der Waals surface area contributed by atoms with Gasteiger partial charge in [0.25, 0.3) is 5.91 Å². The van der Waals surface area contributed by atoms with Crippen molar-refractivity contribution in [2.45, 2.75) is 39.0 Å². The normalized spacial score (nSPS) is 14.6. The third-order valence-corrected chi connectivity index (χ3v) is 5.93. The van der Waals surface area contributed by atoms with Gasteiger partial charge in [0.05, 0.1) is 16.8 Å². The van der Waals surface area contributed by atoms with Gasteiger partial charge in [-0.15, -0.1) is 0 Å². The van der Waals surface area contributed by atoms with Crippen molar-refractivity contribution in [1.29, 1.82) is 0 Å². The number of carbonyl (C=O) groups excluding carboxylic acids is 1. The average Bonchev–Trinajstić information content (AvgIpc) is 3.21. The van der Waals surface area contributed by atoms with Gasteiger partial charge in [-0.05, 0) is 48.1 Å². The van der Waals surface area contributed by atoms with Crippen molar-refractivity contribution >= 4 is 32.7 Å². The molecule has 1 amide bonds. The molecule has 0 saturated carbocycles. The topological polar surface area (TPSA) is 33.2 Å². The predicted octanol–water partition coefficient (Wildman–Crippen LogP) is 6.20. The first-order valence-electron chi connectivity index (χ1n) is 9.83. The molecule has 3 nitrogen and oxygen atoms in total. The maximum Gasteiger partial charge on any atom is 0.254 e. The summed E-state index contributed by atoms with van der Waals surface area (Å²) in [4.78, 5) is 20.0. The highest BCUT2D eigenvalue weighted by Crippen LogP contribution is 2.30. The molecule has 1 aliphatic rings. The summed E-state index contributed by atoms with van der Waals surface area (Å²) >= 11 is 3.54. The zero-order chi connectivity index (χ0) is 19.9. The van der Waals surface area contributed by atoms with E-state index in [1.807, 2.05) is 29.2 Å². The molecule has 0 unspecified atom stereocenters. The smallest absolute Gasteiger partial charge is 0.254 e. The molecule has 0 spiro atoms. The Balaban J connectivity index is 1.83. The Bertz CT molecular complexity index is 1030. The second kappa shape index (κ2) is 7.32. The van der Waals surface area contributed by atoms with Crippen LogP contribution in [-0.2, 0) is 5.41 Å². The molecule has 0 atom stereocenters. The van der Waals surface area contributed by atoms with Crippen molar-refractivity contribution in [1.82, 2.24) is 9.88 Å². The zero-order valence-corrected chi connectivity index (χ0v) is 18.2. The van der Waals surface area contributed by atoms with Crippen LogP contribution in [0.5, 0.6) is 0 Å². The van der Waals surface area contributed by atoms with Gasteiger partial charge in [-0.25, -0.2) is 4.98 Å². The lowest BCUT2D eigenvalue weighted by Crippen LogP contribution is -2.27. The van der Waals surface area contributed by atoms with E-state index in [1.165, 1.54) is 5.56 Å². The fourth-order valence-corrected chi connectivity index (χ4v) is 4.12. The van der Waals surface area contributed by atoms with Gasteiger partial charge in [-0.3, -0.25) is 4.79 Å². The molecule has 144 valence electrons. The molecule has 3 aromatic rings. The second-order valence-corrected chi connectivity index (χ2v) is 9.46. The van der Waals surface area contributed by atoms with E-state index in [9.17, 15) is 4.79 Å². The standard InChI is InChI=1S/C24H25BrN2O/c1-24(2,3)17-8-6-16(7-9-17)22-15-20(23(28)27-12-4-5-13-27)19-14-18(25)10-11-21(19)26-22/h6-11,14-15H,4-5,12-13H2,1-3H3. The zero-order valence-electron chi connectivity index (χ0n) is 16.6. The van der Waals surface area contributed by atoms with Crippen molar-refractivity contribution in [3.63, 3.8) is 0 Å². The van der Waals surface area contributed by atoms with Crippen LogP contribution in [0.15, 0.2) is 53.0 Å². The van der Waals surface area contributed by atoms with Crippen LogP contribution in [0.3, 0.4) is 0 Å². The Morgan fingerprint density at radius 3 is 2.32 bits per heavy atom. The quantitative estimate of drug-likeness (QED) is 0.479. The SMILES string of the molecule is CC(C)(C)c1ccc(-c2cc(C(=O)N3CCCC3)c3cc(Br)ccc3n2)cc1. The molecule has 0 radical (unpaired) electrons.